The van der Waals surface area contributed by atoms with E-state index in [2.05, 4.69) is 24.1 Å². The standard InChI is InChI=1S/C35H35ClN2O4/c1-23-18-24(2)22-38(21-23)32-17-16-27(36)19-30(32)35(41)37-31(20-34(39)40)26-14-12-25(13-15-26)29-10-6-7-11-33(29)42-28-8-4-3-5-9-28/h3-17,19,23-24,31H,18,20-22H2,1-2H3,(H,37,41)(H,39,40). The summed E-state index contributed by atoms with van der Waals surface area (Å²) < 4.78 is 6.13. The summed E-state index contributed by atoms with van der Waals surface area (Å²) in [5.74, 6) is 1.09. The lowest BCUT2D eigenvalue weighted by Crippen LogP contribution is -2.40. The number of nitrogens with zero attached hydrogens (tertiary/aromatic N) is 1. The average Bonchev–Trinajstić information content (AvgIpc) is 2.97. The second-order valence-electron chi connectivity index (χ2n) is 11.2. The zero-order chi connectivity index (χ0) is 29.6. The van der Waals surface area contributed by atoms with Crippen LogP contribution in [-0.4, -0.2) is 30.1 Å². The number of amides is 1. The van der Waals surface area contributed by atoms with Gasteiger partial charge < -0.3 is 20.1 Å². The number of hydrogen-bond acceptors (Lipinski definition) is 4. The molecule has 0 aliphatic carbocycles. The zero-order valence-corrected chi connectivity index (χ0v) is 24.6. The van der Waals surface area contributed by atoms with Crippen LogP contribution < -0.4 is 15.0 Å². The highest BCUT2D eigenvalue weighted by Crippen LogP contribution is 2.35. The van der Waals surface area contributed by atoms with Crippen molar-refractivity contribution in [3.8, 4) is 22.6 Å². The number of halogens is 1. The van der Waals surface area contributed by atoms with Gasteiger partial charge in [-0.15, -0.1) is 0 Å². The molecule has 1 fully saturated rings. The number of piperidine rings is 1. The highest BCUT2D eigenvalue weighted by atomic mass is 35.5. The monoisotopic (exact) mass is 582 g/mol. The fraction of sp³-hybridized carbons (Fsp3) is 0.257. The van der Waals surface area contributed by atoms with E-state index in [-0.39, 0.29) is 12.3 Å². The van der Waals surface area contributed by atoms with Gasteiger partial charge in [-0.3, -0.25) is 9.59 Å². The number of carboxylic acid groups (broad SMARTS) is 1. The van der Waals surface area contributed by atoms with Gasteiger partial charge in [0.1, 0.15) is 11.5 Å². The second kappa shape index (κ2) is 13.1. The van der Waals surface area contributed by atoms with Gasteiger partial charge in [-0.1, -0.05) is 86.1 Å². The van der Waals surface area contributed by atoms with Crippen molar-refractivity contribution in [2.24, 2.45) is 11.8 Å². The van der Waals surface area contributed by atoms with Crippen LogP contribution in [0.25, 0.3) is 11.1 Å². The Kier molecular flexibility index (Phi) is 9.13. The molecule has 1 saturated heterocycles. The summed E-state index contributed by atoms with van der Waals surface area (Å²) in [5.41, 5.74) is 3.77. The van der Waals surface area contributed by atoms with Gasteiger partial charge in [-0.05, 0) is 65.8 Å². The molecular weight excluding hydrogens is 548 g/mol. The van der Waals surface area contributed by atoms with E-state index in [4.69, 9.17) is 16.3 Å². The third kappa shape index (κ3) is 7.12. The van der Waals surface area contributed by atoms with Gasteiger partial charge in [0, 0.05) is 29.4 Å². The van der Waals surface area contributed by atoms with Crippen molar-refractivity contribution in [1.82, 2.24) is 5.32 Å². The summed E-state index contributed by atoms with van der Waals surface area (Å²) in [4.78, 5) is 27.8. The molecular formula is C35H35ClN2O4. The van der Waals surface area contributed by atoms with Gasteiger partial charge in [-0.2, -0.15) is 0 Å². The number of ether oxygens (including phenoxy) is 1. The summed E-state index contributed by atoms with van der Waals surface area (Å²) in [6.07, 6.45) is 0.887. The average molecular weight is 583 g/mol. The Balaban J connectivity index is 1.39. The Morgan fingerprint density at radius 2 is 1.60 bits per heavy atom. The van der Waals surface area contributed by atoms with Gasteiger partial charge in [0.2, 0.25) is 0 Å². The summed E-state index contributed by atoms with van der Waals surface area (Å²) in [5, 5.41) is 13.1. The minimum atomic E-state index is -1.00. The van der Waals surface area contributed by atoms with E-state index in [1.807, 2.05) is 84.9 Å². The molecule has 1 heterocycles. The van der Waals surface area contributed by atoms with Crippen molar-refractivity contribution in [2.45, 2.75) is 32.7 Å². The van der Waals surface area contributed by atoms with E-state index < -0.39 is 12.0 Å². The van der Waals surface area contributed by atoms with Crippen molar-refractivity contribution < 1.29 is 19.4 Å². The topological polar surface area (TPSA) is 78.9 Å². The molecule has 0 spiro atoms. The van der Waals surface area contributed by atoms with Crippen LogP contribution in [0, 0.1) is 11.8 Å². The molecule has 2 N–H and O–H groups in total. The first-order valence-corrected chi connectivity index (χ1v) is 14.6. The Morgan fingerprint density at radius 1 is 0.929 bits per heavy atom. The maximum atomic E-state index is 13.7. The maximum Gasteiger partial charge on any atom is 0.305 e. The lowest BCUT2D eigenvalue weighted by molar-refractivity contribution is -0.137. The number of nitrogens with one attached hydrogen (secondary N) is 1. The SMILES string of the molecule is CC1CC(C)CN(c2ccc(Cl)cc2C(=O)NC(CC(=O)O)c2ccc(-c3ccccc3Oc3ccccc3)cc2)C1. The van der Waals surface area contributed by atoms with Crippen LogP contribution >= 0.6 is 11.6 Å². The summed E-state index contributed by atoms with van der Waals surface area (Å²) >= 11 is 6.33. The fourth-order valence-corrected chi connectivity index (χ4v) is 5.97. The molecule has 1 amide bonds. The zero-order valence-electron chi connectivity index (χ0n) is 23.8. The van der Waals surface area contributed by atoms with Crippen molar-refractivity contribution >= 4 is 29.2 Å². The lowest BCUT2D eigenvalue weighted by atomic mass is 9.91. The molecule has 1 aliphatic rings. The Morgan fingerprint density at radius 3 is 2.29 bits per heavy atom. The normalized spacial score (nSPS) is 17.4. The summed E-state index contributed by atoms with van der Waals surface area (Å²) in [6.45, 7) is 6.14. The minimum Gasteiger partial charge on any atom is -0.481 e. The van der Waals surface area contributed by atoms with Gasteiger partial charge >= 0.3 is 5.97 Å². The predicted molar refractivity (Wildman–Crippen MR) is 167 cm³/mol. The highest BCUT2D eigenvalue weighted by Gasteiger charge is 2.27. The second-order valence-corrected chi connectivity index (χ2v) is 11.6. The van der Waals surface area contributed by atoms with Crippen LogP contribution in [0.5, 0.6) is 11.5 Å². The number of aliphatic carboxylic acids is 1. The molecule has 5 rings (SSSR count). The molecule has 1 aliphatic heterocycles. The smallest absolute Gasteiger partial charge is 0.305 e. The molecule has 6 nitrogen and oxygen atoms in total. The highest BCUT2D eigenvalue weighted by molar-refractivity contribution is 6.31. The fourth-order valence-electron chi connectivity index (χ4n) is 5.79. The van der Waals surface area contributed by atoms with Crippen LogP contribution in [0.2, 0.25) is 5.02 Å². The lowest BCUT2D eigenvalue weighted by Gasteiger charge is -2.37. The summed E-state index contributed by atoms with van der Waals surface area (Å²) in [6, 6.07) is 29.5. The molecule has 3 unspecified atom stereocenters. The third-order valence-corrected chi connectivity index (χ3v) is 7.81. The maximum absolute atomic E-state index is 13.7. The largest absolute Gasteiger partial charge is 0.481 e. The molecule has 0 radical (unpaired) electrons. The number of carbonyl (C=O) groups excluding carboxylic acids is 1. The number of carboxylic acids is 1. The van der Waals surface area contributed by atoms with Crippen LogP contribution in [0.4, 0.5) is 5.69 Å². The van der Waals surface area contributed by atoms with Crippen LogP contribution in [-0.2, 0) is 4.79 Å². The molecule has 42 heavy (non-hydrogen) atoms. The van der Waals surface area contributed by atoms with Gasteiger partial charge in [0.05, 0.1) is 18.0 Å². The number of hydrogen-bond donors (Lipinski definition) is 2. The number of carbonyl (C=O) groups is 2. The summed E-state index contributed by atoms with van der Waals surface area (Å²) in [7, 11) is 0. The van der Waals surface area contributed by atoms with E-state index in [9.17, 15) is 14.7 Å². The molecule has 4 aromatic carbocycles. The molecule has 216 valence electrons. The van der Waals surface area contributed by atoms with E-state index in [0.29, 0.717) is 33.7 Å². The van der Waals surface area contributed by atoms with Gasteiger partial charge in [-0.25, -0.2) is 0 Å². The van der Waals surface area contributed by atoms with E-state index in [1.165, 1.54) is 0 Å². The van der Waals surface area contributed by atoms with E-state index in [1.54, 1.807) is 12.1 Å². The number of para-hydroxylation sites is 2. The quantitative estimate of drug-likeness (QED) is 0.208. The van der Waals surface area contributed by atoms with Crippen molar-refractivity contribution in [3.63, 3.8) is 0 Å². The molecule has 0 bridgehead atoms. The number of rotatable bonds is 9. The first kappa shape index (κ1) is 29.2. The molecule has 7 heteroatoms. The molecule has 3 atom stereocenters. The first-order chi connectivity index (χ1) is 20.3. The van der Waals surface area contributed by atoms with Crippen molar-refractivity contribution in [3.05, 3.63) is 113 Å². The van der Waals surface area contributed by atoms with E-state index in [0.717, 1.165) is 42.1 Å². The number of anilines is 1. The molecule has 0 saturated carbocycles. The molecule has 0 aromatic heterocycles. The van der Waals surface area contributed by atoms with Crippen molar-refractivity contribution in [1.29, 1.82) is 0 Å². The minimum absolute atomic E-state index is 0.257. The molecule has 4 aromatic rings. The third-order valence-electron chi connectivity index (χ3n) is 7.58. The van der Waals surface area contributed by atoms with Crippen molar-refractivity contribution in [2.75, 3.05) is 18.0 Å². The Bertz CT molecular complexity index is 1530. The predicted octanol–water partition coefficient (Wildman–Crippen LogP) is 8.23. The van der Waals surface area contributed by atoms with Crippen LogP contribution in [0.15, 0.2) is 97.1 Å². The Labute approximate surface area is 251 Å². The van der Waals surface area contributed by atoms with Gasteiger partial charge in [0.15, 0.2) is 0 Å². The first-order valence-electron chi connectivity index (χ1n) is 14.3. The van der Waals surface area contributed by atoms with E-state index >= 15 is 0 Å². The Hall–Kier alpha value is -4.29. The van der Waals surface area contributed by atoms with Gasteiger partial charge in [0.25, 0.3) is 5.91 Å². The van der Waals surface area contributed by atoms with Crippen LogP contribution in [0.1, 0.15) is 48.7 Å². The van der Waals surface area contributed by atoms with Crippen LogP contribution in [0.3, 0.4) is 0 Å². The number of benzene rings is 4.